The second-order valence-electron chi connectivity index (χ2n) is 5.64. The van der Waals surface area contributed by atoms with Gasteiger partial charge in [0.25, 0.3) is 11.5 Å². The van der Waals surface area contributed by atoms with Gasteiger partial charge in [-0.15, -0.1) is 10.2 Å². The van der Waals surface area contributed by atoms with Gasteiger partial charge in [-0.3, -0.25) is 9.59 Å². The molecular weight excluding hydrogens is 352 g/mol. The highest BCUT2D eigenvalue weighted by Gasteiger charge is 2.14. The summed E-state index contributed by atoms with van der Waals surface area (Å²) in [4.78, 5) is 24.3. The van der Waals surface area contributed by atoms with E-state index in [1.54, 1.807) is 35.2 Å². The Morgan fingerprint density at radius 2 is 2.12 bits per heavy atom. The second-order valence-corrected chi connectivity index (χ2v) is 6.42. The third kappa shape index (κ3) is 2.88. The summed E-state index contributed by atoms with van der Waals surface area (Å²) in [5.41, 5.74) is 2.12. The van der Waals surface area contributed by atoms with E-state index in [9.17, 15) is 9.59 Å². The van der Waals surface area contributed by atoms with Gasteiger partial charge in [-0.1, -0.05) is 0 Å². The summed E-state index contributed by atoms with van der Waals surface area (Å²) in [6, 6.07) is 8.83. The van der Waals surface area contributed by atoms with Crippen molar-refractivity contribution in [3.8, 4) is 11.3 Å². The molecule has 9 heteroatoms. The summed E-state index contributed by atoms with van der Waals surface area (Å²) in [7, 11) is 1.60. The van der Waals surface area contributed by atoms with Gasteiger partial charge in [0.05, 0.1) is 12.2 Å². The molecule has 4 rings (SSSR count). The van der Waals surface area contributed by atoms with Crippen LogP contribution in [0.4, 0.5) is 0 Å². The highest BCUT2D eigenvalue weighted by Crippen LogP contribution is 2.20. The molecule has 0 saturated carbocycles. The number of carbonyl (C=O) groups is 1. The molecule has 0 atom stereocenters. The number of aryl methyl sites for hydroxylation is 1. The van der Waals surface area contributed by atoms with Gasteiger partial charge in [-0.2, -0.15) is 21.0 Å². The van der Waals surface area contributed by atoms with Crippen molar-refractivity contribution >= 4 is 22.9 Å². The molecule has 1 N–H and O–H groups in total. The Balaban J connectivity index is 1.59. The zero-order valence-corrected chi connectivity index (χ0v) is 14.6. The zero-order chi connectivity index (χ0) is 18.1. The SMILES string of the molecule is Cn1cccc(C(=O)NCc2nnc3ccc(-c4ccsc4)nn23)c1=O. The van der Waals surface area contributed by atoms with Gasteiger partial charge >= 0.3 is 0 Å². The first-order chi connectivity index (χ1) is 12.6. The number of hydrogen-bond acceptors (Lipinski definition) is 6. The molecule has 0 bridgehead atoms. The minimum atomic E-state index is -0.461. The summed E-state index contributed by atoms with van der Waals surface area (Å²) >= 11 is 1.59. The molecule has 130 valence electrons. The van der Waals surface area contributed by atoms with Crippen molar-refractivity contribution in [3.63, 3.8) is 0 Å². The van der Waals surface area contributed by atoms with Crippen LogP contribution in [0.3, 0.4) is 0 Å². The Hall–Kier alpha value is -3.33. The van der Waals surface area contributed by atoms with Crippen LogP contribution >= 0.6 is 11.3 Å². The Bertz CT molecular complexity index is 1150. The lowest BCUT2D eigenvalue weighted by atomic mass is 10.2. The van der Waals surface area contributed by atoms with Gasteiger partial charge in [0.1, 0.15) is 5.56 Å². The molecular formula is C17H14N6O2S. The van der Waals surface area contributed by atoms with Crippen molar-refractivity contribution < 1.29 is 4.79 Å². The van der Waals surface area contributed by atoms with Gasteiger partial charge in [0, 0.05) is 24.2 Å². The molecule has 0 unspecified atom stereocenters. The molecule has 4 heterocycles. The van der Waals surface area contributed by atoms with E-state index >= 15 is 0 Å². The monoisotopic (exact) mass is 366 g/mol. The first-order valence-corrected chi connectivity index (χ1v) is 8.75. The Kier molecular flexibility index (Phi) is 4.05. The van der Waals surface area contributed by atoms with Gasteiger partial charge in [-0.25, -0.2) is 0 Å². The number of pyridine rings is 1. The number of nitrogens with zero attached hydrogens (tertiary/aromatic N) is 5. The first-order valence-electron chi connectivity index (χ1n) is 7.81. The number of amides is 1. The van der Waals surface area contributed by atoms with Crippen LogP contribution in [0.5, 0.6) is 0 Å². The van der Waals surface area contributed by atoms with Crippen LogP contribution in [0.1, 0.15) is 16.2 Å². The summed E-state index contributed by atoms with van der Waals surface area (Å²) in [5, 5.41) is 19.4. The standard InChI is InChI=1S/C17H14N6O2S/c1-22-7-2-3-12(17(22)25)16(24)18-9-15-20-19-14-5-4-13(21-23(14)15)11-6-8-26-10-11/h2-8,10H,9H2,1H3,(H,18,24). The number of rotatable bonds is 4. The van der Waals surface area contributed by atoms with Gasteiger partial charge < -0.3 is 9.88 Å². The smallest absolute Gasteiger partial charge is 0.263 e. The number of fused-ring (bicyclic) bond motifs is 1. The molecule has 4 aromatic rings. The first kappa shape index (κ1) is 16.2. The van der Waals surface area contributed by atoms with Gasteiger partial charge in [0.15, 0.2) is 11.5 Å². The fourth-order valence-electron chi connectivity index (χ4n) is 2.53. The van der Waals surface area contributed by atoms with Crippen molar-refractivity contribution in [1.82, 2.24) is 29.7 Å². The Morgan fingerprint density at radius 1 is 1.23 bits per heavy atom. The summed E-state index contributed by atoms with van der Waals surface area (Å²) in [6.07, 6.45) is 1.60. The maximum Gasteiger partial charge on any atom is 0.263 e. The zero-order valence-electron chi connectivity index (χ0n) is 13.8. The lowest BCUT2D eigenvalue weighted by molar-refractivity contribution is 0.0947. The predicted molar refractivity (Wildman–Crippen MR) is 96.9 cm³/mol. The van der Waals surface area contributed by atoms with E-state index < -0.39 is 5.91 Å². The maximum atomic E-state index is 12.3. The number of aromatic nitrogens is 5. The predicted octanol–water partition coefficient (Wildman–Crippen LogP) is 1.48. The van der Waals surface area contributed by atoms with Crippen LogP contribution in [-0.4, -0.2) is 30.3 Å². The molecule has 0 spiro atoms. The van der Waals surface area contributed by atoms with E-state index in [1.165, 1.54) is 10.6 Å². The average molecular weight is 366 g/mol. The molecule has 8 nitrogen and oxygen atoms in total. The fourth-order valence-corrected chi connectivity index (χ4v) is 3.18. The fraction of sp³-hybridized carbons (Fsp3) is 0.118. The second kappa shape index (κ2) is 6.52. The molecule has 4 aromatic heterocycles. The average Bonchev–Trinajstić information content (AvgIpc) is 3.31. The minimum Gasteiger partial charge on any atom is -0.344 e. The van der Waals surface area contributed by atoms with Crippen LogP contribution in [-0.2, 0) is 13.6 Å². The molecule has 0 radical (unpaired) electrons. The molecule has 0 aliphatic carbocycles. The molecule has 26 heavy (non-hydrogen) atoms. The van der Waals surface area contributed by atoms with Crippen molar-refractivity contribution in [2.45, 2.75) is 6.54 Å². The van der Waals surface area contributed by atoms with Crippen LogP contribution in [0.15, 0.2) is 52.1 Å². The summed E-state index contributed by atoms with van der Waals surface area (Å²) in [5.74, 6) is 0.0233. The lowest BCUT2D eigenvalue weighted by Crippen LogP contribution is -2.32. The van der Waals surface area contributed by atoms with Gasteiger partial charge in [0.2, 0.25) is 0 Å². The highest BCUT2D eigenvalue weighted by atomic mass is 32.1. The molecule has 0 aliphatic heterocycles. The Labute approximate surface area is 151 Å². The van der Waals surface area contributed by atoms with E-state index in [0.29, 0.717) is 11.5 Å². The van der Waals surface area contributed by atoms with Crippen molar-refractivity contribution in [1.29, 1.82) is 0 Å². The minimum absolute atomic E-state index is 0.0794. The lowest BCUT2D eigenvalue weighted by Gasteiger charge is -2.05. The van der Waals surface area contributed by atoms with Crippen molar-refractivity contribution in [3.05, 3.63) is 69.0 Å². The van der Waals surface area contributed by atoms with E-state index in [-0.39, 0.29) is 17.7 Å². The van der Waals surface area contributed by atoms with Crippen LogP contribution < -0.4 is 10.9 Å². The molecule has 1 amide bonds. The largest absolute Gasteiger partial charge is 0.344 e. The number of carbonyl (C=O) groups excluding carboxylic acids is 1. The van der Waals surface area contributed by atoms with E-state index in [4.69, 9.17) is 0 Å². The summed E-state index contributed by atoms with van der Waals surface area (Å²) in [6.45, 7) is 0.109. The number of hydrogen-bond donors (Lipinski definition) is 1. The van der Waals surface area contributed by atoms with Crippen LogP contribution in [0, 0.1) is 0 Å². The number of thiophene rings is 1. The topological polar surface area (TPSA) is 94.2 Å². The van der Waals surface area contributed by atoms with E-state index in [0.717, 1.165) is 11.3 Å². The summed E-state index contributed by atoms with van der Waals surface area (Å²) < 4.78 is 2.95. The van der Waals surface area contributed by atoms with Gasteiger partial charge in [-0.05, 0) is 35.7 Å². The molecule has 0 saturated heterocycles. The third-order valence-corrected chi connectivity index (χ3v) is 4.60. The van der Waals surface area contributed by atoms with Crippen molar-refractivity contribution in [2.75, 3.05) is 0 Å². The van der Waals surface area contributed by atoms with E-state index in [1.807, 2.05) is 29.0 Å². The van der Waals surface area contributed by atoms with Crippen LogP contribution in [0.2, 0.25) is 0 Å². The highest BCUT2D eigenvalue weighted by molar-refractivity contribution is 7.08. The molecule has 0 aliphatic rings. The van der Waals surface area contributed by atoms with Crippen molar-refractivity contribution in [2.24, 2.45) is 7.05 Å². The number of nitrogens with one attached hydrogen (secondary N) is 1. The molecule has 0 fully saturated rings. The quantitative estimate of drug-likeness (QED) is 0.590. The third-order valence-electron chi connectivity index (χ3n) is 3.92. The normalized spacial score (nSPS) is 11.0. The maximum absolute atomic E-state index is 12.3. The Morgan fingerprint density at radius 3 is 2.92 bits per heavy atom. The van der Waals surface area contributed by atoms with E-state index in [2.05, 4.69) is 20.6 Å². The molecule has 0 aromatic carbocycles. The van der Waals surface area contributed by atoms with Crippen LogP contribution in [0.25, 0.3) is 16.9 Å².